The lowest BCUT2D eigenvalue weighted by molar-refractivity contribution is -0.00539. The van der Waals surface area contributed by atoms with Gasteiger partial charge in [-0.15, -0.1) is 0 Å². The summed E-state index contributed by atoms with van der Waals surface area (Å²) in [6.45, 7) is 2.46. The van der Waals surface area contributed by atoms with Crippen LogP contribution in [-0.4, -0.2) is 28.3 Å². The van der Waals surface area contributed by atoms with Crippen LogP contribution in [0.5, 0.6) is 5.75 Å². The number of hydrogen-bond donors (Lipinski definition) is 3. The molecular weight excluding hydrogens is 242 g/mol. The van der Waals surface area contributed by atoms with Crippen molar-refractivity contribution < 1.29 is 15.0 Å². The molecule has 0 heterocycles. The average Bonchev–Trinajstić information content (AvgIpc) is 2.40. The van der Waals surface area contributed by atoms with Gasteiger partial charge in [-0.3, -0.25) is 4.79 Å². The molecule has 0 spiro atoms. The summed E-state index contributed by atoms with van der Waals surface area (Å²) in [5.74, 6) is 0.461. The highest BCUT2D eigenvalue weighted by atomic mass is 16.3. The molecule has 0 unspecified atom stereocenters. The highest BCUT2D eigenvalue weighted by Crippen LogP contribution is 2.31. The molecule has 104 valence electrons. The lowest BCUT2D eigenvalue weighted by Crippen LogP contribution is -2.45. The van der Waals surface area contributed by atoms with Gasteiger partial charge in [0.15, 0.2) is 0 Å². The predicted molar refractivity (Wildman–Crippen MR) is 73.0 cm³/mol. The van der Waals surface area contributed by atoms with Crippen molar-refractivity contribution >= 4 is 5.91 Å². The van der Waals surface area contributed by atoms with E-state index in [1.807, 2.05) is 0 Å². The van der Waals surface area contributed by atoms with Crippen LogP contribution in [0.4, 0.5) is 0 Å². The quantitative estimate of drug-likeness (QED) is 0.782. The number of aliphatic hydroxyl groups is 1. The zero-order chi connectivity index (χ0) is 13.9. The summed E-state index contributed by atoms with van der Waals surface area (Å²) in [6.07, 6.45) is 3.46. The van der Waals surface area contributed by atoms with E-state index >= 15 is 0 Å². The van der Waals surface area contributed by atoms with Crippen LogP contribution in [0.3, 0.4) is 0 Å². The first-order valence-corrected chi connectivity index (χ1v) is 6.78. The molecule has 0 bridgehead atoms. The molecule has 4 heteroatoms. The Kier molecular flexibility index (Phi) is 4.10. The largest absolute Gasteiger partial charge is 0.508 e. The van der Waals surface area contributed by atoms with Gasteiger partial charge in [-0.05, 0) is 49.8 Å². The summed E-state index contributed by atoms with van der Waals surface area (Å²) in [7, 11) is 0. The SMILES string of the molecule is CC1CCC(O)(CNC(=O)c2cccc(O)c2)CC1. The third-order valence-corrected chi connectivity index (χ3v) is 3.89. The molecular formula is C15H21NO3. The average molecular weight is 263 g/mol. The minimum Gasteiger partial charge on any atom is -0.508 e. The van der Waals surface area contributed by atoms with Crippen LogP contribution in [0, 0.1) is 5.92 Å². The van der Waals surface area contributed by atoms with E-state index in [-0.39, 0.29) is 18.2 Å². The molecule has 1 aliphatic carbocycles. The Balaban J connectivity index is 1.90. The van der Waals surface area contributed by atoms with Crippen LogP contribution in [0.2, 0.25) is 0 Å². The Bertz CT molecular complexity index is 450. The minimum absolute atomic E-state index is 0.0675. The first kappa shape index (κ1) is 13.9. The first-order chi connectivity index (χ1) is 8.98. The molecule has 1 amide bonds. The highest BCUT2D eigenvalue weighted by Gasteiger charge is 2.32. The maximum Gasteiger partial charge on any atom is 0.251 e. The number of nitrogens with one attached hydrogen (secondary N) is 1. The summed E-state index contributed by atoms with van der Waals surface area (Å²) >= 11 is 0. The maximum atomic E-state index is 11.9. The molecule has 2 rings (SSSR count). The second-order valence-corrected chi connectivity index (χ2v) is 5.64. The number of aromatic hydroxyl groups is 1. The third-order valence-electron chi connectivity index (χ3n) is 3.89. The van der Waals surface area contributed by atoms with E-state index < -0.39 is 5.60 Å². The normalized spacial score (nSPS) is 26.9. The Morgan fingerprint density at radius 1 is 1.42 bits per heavy atom. The lowest BCUT2D eigenvalue weighted by atomic mass is 9.79. The van der Waals surface area contributed by atoms with Crippen molar-refractivity contribution in [3.63, 3.8) is 0 Å². The van der Waals surface area contributed by atoms with Crippen LogP contribution in [0.15, 0.2) is 24.3 Å². The number of phenolic OH excluding ortho intramolecular Hbond substituents is 1. The molecule has 1 aromatic carbocycles. The second kappa shape index (κ2) is 5.61. The number of hydrogen-bond acceptors (Lipinski definition) is 3. The molecule has 4 nitrogen and oxygen atoms in total. The van der Waals surface area contributed by atoms with Gasteiger partial charge in [0.05, 0.1) is 5.60 Å². The zero-order valence-corrected chi connectivity index (χ0v) is 11.2. The number of carbonyl (C=O) groups is 1. The van der Waals surface area contributed by atoms with Crippen molar-refractivity contribution in [2.45, 2.75) is 38.2 Å². The van der Waals surface area contributed by atoms with Gasteiger partial charge in [0.25, 0.3) is 5.91 Å². The molecule has 0 radical (unpaired) electrons. The summed E-state index contributed by atoms with van der Waals surface area (Å²) < 4.78 is 0. The molecule has 0 aliphatic heterocycles. The van der Waals surface area contributed by atoms with Gasteiger partial charge in [0.2, 0.25) is 0 Å². The van der Waals surface area contributed by atoms with E-state index in [9.17, 15) is 15.0 Å². The molecule has 0 atom stereocenters. The zero-order valence-electron chi connectivity index (χ0n) is 11.2. The third kappa shape index (κ3) is 3.70. The molecule has 1 fully saturated rings. The molecule has 3 N–H and O–H groups in total. The Morgan fingerprint density at radius 2 is 2.11 bits per heavy atom. The number of carbonyl (C=O) groups excluding carboxylic acids is 1. The monoisotopic (exact) mass is 263 g/mol. The number of benzene rings is 1. The smallest absolute Gasteiger partial charge is 0.251 e. The molecule has 1 aliphatic rings. The van der Waals surface area contributed by atoms with Crippen molar-refractivity contribution in [3.05, 3.63) is 29.8 Å². The van der Waals surface area contributed by atoms with Gasteiger partial charge < -0.3 is 15.5 Å². The minimum atomic E-state index is -0.779. The van der Waals surface area contributed by atoms with Crippen LogP contribution in [0.25, 0.3) is 0 Å². The van der Waals surface area contributed by atoms with Gasteiger partial charge in [0, 0.05) is 12.1 Å². The first-order valence-electron chi connectivity index (χ1n) is 6.78. The van der Waals surface area contributed by atoms with E-state index in [1.54, 1.807) is 12.1 Å². The Morgan fingerprint density at radius 3 is 2.74 bits per heavy atom. The highest BCUT2D eigenvalue weighted by molar-refractivity contribution is 5.94. The van der Waals surface area contributed by atoms with Crippen molar-refractivity contribution in [1.82, 2.24) is 5.32 Å². The van der Waals surface area contributed by atoms with E-state index in [0.29, 0.717) is 11.5 Å². The molecule has 19 heavy (non-hydrogen) atoms. The summed E-state index contributed by atoms with van der Waals surface area (Å²) in [6, 6.07) is 6.21. The van der Waals surface area contributed by atoms with Gasteiger partial charge in [0.1, 0.15) is 5.75 Å². The van der Waals surface area contributed by atoms with Gasteiger partial charge >= 0.3 is 0 Å². The number of amides is 1. The molecule has 1 saturated carbocycles. The summed E-state index contributed by atoms with van der Waals surface area (Å²) in [5.41, 5.74) is -0.369. The van der Waals surface area contributed by atoms with Gasteiger partial charge in [-0.2, -0.15) is 0 Å². The van der Waals surface area contributed by atoms with E-state index in [2.05, 4.69) is 12.2 Å². The summed E-state index contributed by atoms with van der Waals surface area (Å²) in [5, 5.41) is 22.5. The van der Waals surface area contributed by atoms with E-state index in [0.717, 1.165) is 25.7 Å². The summed E-state index contributed by atoms with van der Waals surface area (Å²) in [4.78, 5) is 11.9. The Labute approximate surface area is 113 Å². The van der Waals surface area contributed by atoms with Gasteiger partial charge in [-0.1, -0.05) is 13.0 Å². The van der Waals surface area contributed by atoms with Crippen molar-refractivity contribution in [2.75, 3.05) is 6.54 Å². The molecule has 0 saturated heterocycles. The number of phenols is 1. The van der Waals surface area contributed by atoms with Crippen LogP contribution in [-0.2, 0) is 0 Å². The fourth-order valence-electron chi connectivity index (χ4n) is 2.47. The molecule has 0 aromatic heterocycles. The predicted octanol–water partition coefficient (Wildman–Crippen LogP) is 2.06. The van der Waals surface area contributed by atoms with Crippen LogP contribution in [0.1, 0.15) is 43.0 Å². The van der Waals surface area contributed by atoms with Crippen LogP contribution < -0.4 is 5.32 Å². The van der Waals surface area contributed by atoms with Crippen LogP contribution >= 0.6 is 0 Å². The lowest BCUT2D eigenvalue weighted by Gasteiger charge is -2.34. The topological polar surface area (TPSA) is 69.6 Å². The second-order valence-electron chi connectivity index (χ2n) is 5.64. The number of rotatable bonds is 3. The van der Waals surface area contributed by atoms with Crippen molar-refractivity contribution in [3.8, 4) is 5.75 Å². The van der Waals surface area contributed by atoms with Crippen molar-refractivity contribution in [2.24, 2.45) is 5.92 Å². The van der Waals surface area contributed by atoms with E-state index in [4.69, 9.17) is 0 Å². The van der Waals surface area contributed by atoms with Gasteiger partial charge in [-0.25, -0.2) is 0 Å². The molecule has 1 aromatic rings. The fourth-order valence-corrected chi connectivity index (χ4v) is 2.47. The Hall–Kier alpha value is -1.55. The maximum absolute atomic E-state index is 11.9. The van der Waals surface area contributed by atoms with Crippen molar-refractivity contribution in [1.29, 1.82) is 0 Å². The fraction of sp³-hybridized carbons (Fsp3) is 0.533. The van der Waals surface area contributed by atoms with E-state index in [1.165, 1.54) is 12.1 Å². The standard InChI is InChI=1S/C15H21NO3/c1-11-5-7-15(19,8-6-11)10-16-14(18)12-3-2-4-13(17)9-12/h2-4,9,11,17,19H,5-8,10H2,1H3,(H,16,18).